The third kappa shape index (κ3) is 9.18. The predicted molar refractivity (Wildman–Crippen MR) is 169 cm³/mol. The Morgan fingerprint density at radius 3 is 2.05 bits per heavy atom. The molecular formula is C33H64O2Si2. The maximum Gasteiger partial charge on any atom is 0.192 e. The zero-order chi connectivity index (χ0) is 28.4. The molecule has 0 radical (unpaired) electrons. The quantitative estimate of drug-likeness (QED) is 0.178. The molecule has 0 aliphatic heterocycles. The van der Waals surface area contributed by atoms with Crippen molar-refractivity contribution in [3.05, 3.63) is 24.3 Å². The van der Waals surface area contributed by atoms with E-state index in [1.54, 1.807) is 0 Å². The first-order valence-electron chi connectivity index (χ1n) is 15.4. The Hall–Kier alpha value is -0.166. The second kappa shape index (κ2) is 12.6. The van der Waals surface area contributed by atoms with Crippen LogP contribution >= 0.6 is 0 Å². The van der Waals surface area contributed by atoms with Crippen LogP contribution in [0.25, 0.3) is 0 Å². The first-order chi connectivity index (χ1) is 16.7. The predicted octanol–water partition coefficient (Wildman–Crippen LogP) is 10.8. The lowest BCUT2D eigenvalue weighted by atomic mass is 9.89. The molecule has 0 unspecified atom stereocenters. The van der Waals surface area contributed by atoms with Crippen molar-refractivity contribution in [2.45, 2.75) is 156 Å². The monoisotopic (exact) mass is 548 g/mol. The zero-order valence-electron chi connectivity index (χ0n) is 27.2. The number of rotatable bonds is 12. The lowest BCUT2D eigenvalue weighted by Crippen LogP contribution is -2.45. The second-order valence-corrected chi connectivity index (χ2v) is 25.8. The minimum absolute atomic E-state index is 0.201. The van der Waals surface area contributed by atoms with Crippen LogP contribution < -0.4 is 0 Å². The molecule has 6 atom stereocenters. The highest BCUT2D eigenvalue weighted by Crippen LogP contribution is 2.53. The molecule has 2 aliphatic rings. The minimum Gasteiger partial charge on any atom is -0.413 e. The maximum atomic E-state index is 7.12. The van der Waals surface area contributed by atoms with Gasteiger partial charge < -0.3 is 8.85 Å². The molecule has 2 rings (SSSR count). The lowest BCUT2D eigenvalue weighted by Gasteiger charge is -2.40. The van der Waals surface area contributed by atoms with Crippen LogP contribution in [0.5, 0.6) is 0 Å². The van der Waals surface area contributed by atoms with Crippen molar-refractivity contribution in [2.75, 3.05) is 0 Å². The van der Waals surface area contributed by atoms with Gasteiger partial charge in [0.25, 0.3) is 0 Å². The first-order valence-corrected chi connectivity index (χ1v) is 21.3. The van der Waals surface area contributed by atoms with Gasteiger partial charge in [-0.25, -0.2) is 0 Å². The van der Waals surface area contributed by atoms with Crippen molar-refractivity contribution in [1.82, 2.24) is 0 Å². The molecular weight excluding hydrogens is 485 g/mol. The van der Waals surface area contributed by atoms with E-state index in [1.807, 2.05) is 0 Å². The molecule has 216 valence electrons. The molecule has 0 saturated heterocycles. The summed E-state index contributed by atoms with van der Waals surface area (Å²) >= 11 is 0. The fourth-order valence-corrected chi connectivity index (χ4v) is 8.51. The van der Waals surface area contributed by atoms with Crippen LogP contribution in [0.3, 0.4) is 0 Å². The van der Waals surface area contributed by atoms with Gasteiger partial charge in [0.05, 0.1) is 12.2 Å². The number of hydrogen-bond acceptors (Lipinski definition) is 2. The molecule has 2 nitrogen and oxygen atoms in total. The average molecular weight is 549 g/mol. The van der Waals surface area contributed by atoms with Crippen molar-refractivity contribution >= 4 is 16.6 Å². The first kappa shape index (κ1) is 33.0. The van der Waals surface area contributed by atoms with Crippen molar-refractivity contribution in [3.8, 4) is 0 Å². The highest BCUT2D eigenvalue weighted by atomic mass is 28.4. The fraction of sp³-hybridized carbons (Fsp3) is 0.879. The highest BCUT2D eigenvalue weighted by Gasteiger charge is 2.49. The Kier molecular flexibility index (Phi) is 11.2. The van der Waals surface area contributed by atoms with E-state index >= 15 is 0 Å². The molecule has 0 bridgehead atoms. The Balaban J connectivity index is 2.27. The largest absolute Gasteiger partial charge is 0.413 e. The zero-order valence-corrected chi connectivity index (χ0v) is 29.2. The van der Waals surface area contributed by atoms with Gasteiger partial charge in [-0.1, -0.05) is 106 Å². The van der Waals surface area contributed by atoms with E-state index < -0.39 is 16.6 Å². The molecule has 2 saturated carbocycles. The topological polar surface area (TPSA) is 18.5 Å². The van der Waals surface area contributed by atoms with Crippen LogP contribution in [0.1, 0.15) is 107 Å². The van der Waals surface area contributed by atoms with Crippen LogP contribution in [-0.4, -0.2) is 28.8 Å². The van der Waals surface area contributed by atoms with Crippen LogP contribution in [-0.2, 0) is 8.85 Å². The van der Waals surface area contributed by atoms with Crippen molar-refractivity contribution < 1.29 is 8.85 Å². The van der Waals surface area contributed by atoms with Crippen molar-refractivity contribution in [1.29, 1.82) is 0 Å². The Bertz CT molecular complexity index is 768. The summed E-state index contributed by atoms with van der Waals surface area (Å²) in [4.78, 5) is 0. The number of fused-ring (bicyclic) bond motifs is 1. The van der Waals surface area contributed by atoms with E-state index in [9.17, 15) is 0 Å². The van der Waals surface area contributed by atoms with Crippen LogP contribution in [0, 0.1) is 29.6 Å². The summed E-state index contributed by atoms with van der Waals surface area (Å²) in [6, 6.07) is 0. The molecule has 0 heterocycles. The summed E-state index contributed by atoms with van der Waals surface area (Å²) in [6.45, 7) is 35.3. The molecule has 0 amide bonds. The molecule has 37 heavy (non-hydrogen) atoms. The second-order valence-electron chi connectivity index (χ2n) is 16.3. The van der Waals surface area contributed by atoms with Gasteiger partial charge in [0.1, 0.15) is 0 Å². The van der Waals surface area contributed by atoms with Gasteiger partial charge in [-0.15, -0.1) is 0 Å². The molecule has 0 spiro atoms. The van der Waals surface area contributed by atoms with Gasteiger partial charge in [-0.3, -0.25) is 0 Å². The number of allylic oxidation sites excluding steroid dienone is 1. The third-order valence-corrected chi connectivity index (χ3v) is 19.3. The van der Waals surface area contributed by atoms with Gasteiger partial charge in [-0.05, 0) is 85.6 Å². The van der Waals surface area contributed by atoms with E-state index in [4.69, 9.17) is 8.85 Å². The van der Waals surface area contributed by atoms with E-state index in [-0.39, 0.29) is 16.2 Å². The van der Waals surface area contributed by atoms with Gasteiger partial charge in [0.2, 0.25) is 0 Å². The summed E-state index contributed by atoms with van der Waals surface area (Å²) < 4.78 is 14.2. The summed E-state index contributed by atoms with van der Waals surface area (Å²) in [5, 5.41) is 0.456. The summed E-state index contributed by atoms with van der Waals surface area (Å²) in [5.74, 6) is 3.39. The van der Waals surface area contributed by atoms with Gasteiger partial charge in [0, 0.05) is 5.92 Å². The van der Waals surface area contributed by atoms with Crippen molar-refractivity contribution in [3.63, 3.8) is 0 Å². The van der Waals surface area contributed by atoms with Crippen LogP contribution in [0.2, 0.25) is 36.3 Å². The average Bonchev–Trinajstić information content (AvgIpc) is 3.18. The molecule has 0 N–H and O–H groups in total. The molecule has 2 fully saturated rings. The molecule has 0 aromatic rings. The SMILES string of the molecule is C=C1C[C@H]2C[C@@H](O[Si](C)(C)C(C)(C)C)[C@H](/C=C/[C@H](C[C@H](C)CCCC(C)C)O[Si](C)(C)C(C)(C)C)[C@H]2C1. The Morgan fingerprint density at radius 2 is 1.51 bits per heavy atom. The Labute approximate surface area is 234 Å². The Morgan fingerprint density at radius 1 is 0.919 bits per heavy atom. The summed E-state index contributed by atoms with van der Waals surface area (Å²) in [7, 11) is -3.70. The minimum atomic E-state index is -1.87. The number of hydrogen-bond donors (Lipinski definition) is 0. The molecule has 0 aromatic carbocycles. The summed E-state index contributed by atoms with van der Waals surface area (Å²) in [5.41, 5.74) is 1.45. The van der Waals surface area contributed by atoms with E-state index in [2.05, 4.69) is 107 Å². The van der Waals surface area contributed by atoms with Gasteiger partial charge in [0.15, 0.2) is 16.6 Å². The maximum absolute atomic E-state index is 7.12. The van der Waals surface area contributed by atoms with Crippen molar-refractivity contribution in [2.24, 2.45) is 29.6 Å². The van der Waals surface area contributed by atoms with Gasteiger partial charge >= 0.3 is 0 Å². The van der Waals surface area contributed by atoms with E-state index in [0.717, 1.165) is 18.3 Å². The summed E-state index contributed by atoms with van der Waals surface area (Å²) in [6.07, 6.45) is 14.2. The lowest BCUT2D eigenvalue weighted by molar-refractivity contribution is 0.146. The highest BCUT2D eigenvalue weighted by molar-refractivity contribution is 6.74. The normalized spacial score (nSPS) is 27.4. The third-order valence-electron chi connectivity index (χ3n) is 10.3. The molecule has 4 heteroatoms. The fourth-order valence-electron chi connectivity index (χ4n) is 5.86. The van der Waals surface area contributed by atoms with E-state index in [1.165, 1.54) is 44.1 Å². The smallest absolute Gasteiger partial charge is 0.192 e. The van der Waals surface area contributed by atoms with Crippen LogP contribution in [0.4, 0.5) is 0 Å². The van der Waals surface area contributed by atoms with Crippen LogP contribution in [0.15, 0.2) is 24.3 Å². The molecule has 0 aromatic heterocycles. The standard InChI is InChI=1S/C33H64O2Si2/c1-24(2)16-15-17-25(3)21-28(34-36(11,12)32(5,6)7)18-19-29-30-22-26(4)20-27(30)23-31(29)35-37(13,14)33(8,9)10/h18-19,24-25,27-31H,4,15-17,20-23H2,1-3,5-14H3/b19-18+/t25-,27+,28-,29-,30+,31-/m1/s1. The van der Waals surface area contributed by atoms with E-state index in [0.29, 0.717) is 23.9 Å². The van der Waals surface area contributed by atoms with Gasteiger partial charge in [-0.2, -0.15) is 0 Å². The molecule has 2 aliphatic carbocycles.